The van der Waals surface area contributed by atoms with Crippen molar-refractivity contribution in [3.63, 3.8) is 0 Å². The van der Waals surface area contributed by atoms with E-state index in [1.807, 2.05) is 0 Å². The second-order valence-electron chi connectivity index (χ2n) is 1.67. The van der Waals surface area contributed by atoms with Gasteiger partial charge in [-0.15, -0.1) is 0 Å². The molecule has 10 heavy (non-hydrogen) atoms. The van der Waals surface area contributed by atoms with E-state index in [-0.39, 0.29) is 0 Å². The number of hydrogen-bond donors (Lipinski definition) is 0. The van der Waals surface area contributed by atoms with Crippen molar-refractivity contribution < 1.29 is 9.36 Å². The van der Waals surface area contributed by atoms with E-state index in [9.17, 15) is 4.70 Å². The molecule has 4 heteroatoms. The fourth-order valence-corrected chi connectivity index (χ4v) is 0.776. The van der Waals surface area contributed by atoms with Gasteiger partial charge in [-0.05, 0) is 0 Å². The first kappa shape index (κ1) is 7.28. The number of rotatable bonds is 2. The summed E-state index contributed by atoms with van der Waals surface area (Å²) in [6.07, 6.45) is 0. The van der Waals surface area contributed by atoms with E-state index in [0.29, 0.717) is 18.1 Å². The van der Waals surface area contributed by atoms with Crippen LogP contribution in [-0.4, -0.2) is 7.35 Å². The summed E-state index contributed by atoms with van der Waals surface area (Å²) < 4.78 is 14.3. The van der Waals surface area contributed by atoms with Crippen LogP contribution in [0.3, 0.4) is 0 Å². The van der Waals surface area contributed by atoms with Gasteiger partial charge in [0.1, 0.15) is 0 Å². The van der Waals surface area contributed by atoms with Gasteiger partial charge in [-0.25, -0.2) is 0 Å². The predicted octanol–water partition coefficient (Wildman–Crippen LogP) is 1.68. The Hall–Kier alpha value is -0.825. The van der Waals surface area contributed by atoms with Gasteiger partial charge >= 0.3 is 63.4 Å². The average Bonchev–Trinajstić information content (AvgIpc) is 1.88. The van der Waals surface area contributed by atoms with Crippen LogP contribution in [0.1, 0.15) is 0 Å². The molecule has 0 bridgehead atoms. The summed E-state index contributed by atoms with van der Waals surface area (Å²) in [6.45, 7) is 0. The Morgan fingerprint density at radius 3 is 2.90 bits per heavy atom. The standard InChI is InChI=1S/C6H4BClO2/c8-5-2-1-3-6(4-5)10-7-9/h1-4H. The van der Waals surface area contributed by atoms with Crippen LogP contribution in [0.15, 0.2) is 24.3 Å². The Kier molecular flexibility index (Phi) is 2.45. The van der Waals surface area contributed by atoms with Gasteiger partial charge in [-0.1, -0.05) is 0 Å². The van der Waals surface area contributed by atoms with Crippen LogP contribution in [-0.2, 0) is 4.70 Å². The molecule has 0 aliphatic rings. The van der Waals surface area contributed by atoms with Crippen LogP contribution in [0.4, 0.5) is 0 Å². The minimum atomic E-state index is 0.367. The molecule has 0 heterocycles. The third-order valence-corrected chi connectivity index (χ3v) is 1.22. The van der Waals surface area contributed by atoms with E-state index in [1.165, 1.54) is 0 Å². The molecule has 0 aromatic heterocycles. The summed E-state index contributed by atoms with van der Waals surface area (Å²) in [7, 11) is 0.367. The van der Waals surface area contributed by atoms with Crippen molar-refractivity contribution in [3.8, 4) is 5.75 Å². The molecule has 1 aromatic carbocycles. The van der Waals surface area contributed by atoms with Gasteiger partial charge in [-0.3, -0.25) is 0 Å². The molecule has 0 spiro atoms. The van der Waals surface area contributed by atoms with Gasteiger partial charge < -0.3 is 0 Å². The Bertz CT molecular complexity index is 239. The van der Waals surface area contributed by atoms with Gasteiger partial charge in [-0.2, -0.15) is 0 Å². The van der Waals surface area contributed by atoms with Crippen molar-refractivity contribution in [1.82, 2.24) is 0 Å². The molecule has 0 saturated carbocycles. The van der Waals surface area contributed by atoms with Crippen LogP contribution in [0.2, 0.25) is 5.02 Å². The molecule has 0 fully saturated rings. The number of hydrogen-bond acceptors (Lipinski definition) is 2. The van der Waals surface area contributed by atoms with E-state index < -0.39 is 0 Å². The van der Waals surface area contributed by atoms with E-state index in [4.69, 9.17) is 11.6 Å². The molecule has 1 aromatic rings. The quantitative estimate of drug-likeness (QED) is 0.606. The predicted molar refractivity (Wildman–Crippen MR) is 38.5 cm³/mol. The number of benzene rings is 1. The van der Waals surface area contributed by atoms with Crippen LogP contribution in [0.5, 0.6) is 5.75 Å². The maximum atomic E-state index is 9.82. The van der Waals surface area contributed by atoms with E-state index in [0.717, 1.165) is 0 Å². The van der Waals surface area contributed by atoms with Crippen molar-refractivity contribution in [2.45, 2.75) is 0 Å². The van der Waals surface area contributed by atoms with Gasteiger partial charge in [0.15, 0.2) is 0 Å². The SMILES string of the molecule is O=BOc1cccc(Cl)c1. The van der Waals surface area contributed by atoms with Crippen molar-refractivity contribution in [2.75, 3.05) is 0 Å². The topological polar surface area (TPSA) is 26.3 Å². The summed E-state index contributed by atoms with van der Waals surface area (Å²) in [5.41, 5.74) is 0. The summed E-state index contributed by atoms with van der Waals surface area (Å²) in [6, 6.07) is 6.64. The van der Waals surface area contributed by atoms with Crippen molar-refractivity contribution in [2.24, 2.45) is 0 Å². The molecule has 2 nitrogen and oxygen atoms in total. The zero-order valence-electron chi connectivity index (χ0n) is 5.08. The molecule has 0 aliphatic heterocycles. The molecule has 0 amide bonds. The van der Waals surface area contributed by atoms with E-state index >= 15 is 0 Å². The fraction of sp³-hybridized carbons (Fsp3) is 0. The van der Waals surface area contributed by atoms with Gasteiger partial charge in [0.2, 0.25) is 0 Å². The summed E-state index contributed by atoms with van der Waals surface area (Å²) in [5, 5.41) is 0.555. The molecule has 0 unspecified atom stereocenters. The van der Waals surface area contributed by atoms with Crippen LogP contribution in [0.25, 0.3) is 0 Å². The van der Waals surface area contributed by atoms with E-state index in [1.54, 1.807) is 24.3 Å². The van der Waals surface area contributed by atoms with Crippen molar-refractivity contribution in [1.29, 1.82) is 0 Å². The van der Waals surface area contributed by atoms with Crippen LogP contribution >= 0.6 is 11.6 Å². The first-order chi connectivity index (χ1) is 4.83. The van der Waals surface area contributed by atoms with Crippen LogP contribution < -0.4 is 4.65 Å². The Balaban J connectivity index is 2.84. The monoisotopic (exact) mass is 154 g/mol. The molecule has 0 atom stereocenters. The second kappa shape index (κ2) is 3.37. The first-order valence-corrected chi connectivity index (χ1v) is 3.06. The van der Waals surface area contributed by atoms with Gasteiger partial charge in [0.25, 0.3) is 0 Å². The first-order valence-electron chi connectivity index (χ1n) is 2.69. The maximum absolute atomic E-state index is 9.82. The average molecular weight is 154 g/mol. The summed E-state index contributed by atoms with van der Waals surface area (Å²) >= 11 is 5.58. The third kappa shape index (κ3) is 1.85. The molecule has 0 radical (unpaired) electrons. The molecule has 0 aliphatic carbocycles. The zero-order valence-corrected chi connectivity index (χ0v) is 5.84. The Labute approximate surface area is 64.0 Å². The molecular formula is C6H4BClO2. The minimum absolute atomic E-state index is 0.367. The normalized spacial score (nSPS) is 8.50. The van der Waals surface area contributed by atoms with Crippen molar-refractivity contribution >= 4 is 19.0 Å². The summed E-state index contributed by atoms with van der Waals surface area (Å²) in [4.78, 5) is 0. The number of halogens is 1. The van der Waals surface area contributed by atoms with Crippen LogP contribution in [0, 0.1) is 0 Å². The van der Waals surface area contributed by atoms with Crippen molar-refractivity contribution in [3.05, 3.63) is 29.3 Å². The third-order valence-electron chi connectivity index (χ3n) is 0.980. The Morgan fingerprint density at radius 1 is 1.50 bits per heavy atom. The van der Waals surface area contributed by atoms with Gasteiger partial charge in [0, 0.05) is 0 Å². The second-order valence-corrected chi connectivity index (χ2v) is 2.11. The molecule has 0 N–H and O–H groups in total. The zero-order chi connectivity index (χ0) is 7.40. The molecule has 1 rings (SSSR count). The molecular weight excluding hydrogens is 150 g/mol. The van der Waals surface area contributed by atoms with E-state index in [2.05, 4.69) is 4.65 Å². The van der Waals surface area contributed by atoms with Gasteiger partial charge in [0.05, 0.1) is 0 Å². The fourth-order valence-electron chi connectivity index (χ4n) is 0.596. The molecule has 50 valence electrons. The Morgan fingerprint density at radius 2 is 2.30 bits per heavy atom. The summed E-state index contributed by atoms with van der Waals surface area (Å²) in [5.74, 6) is 0.461. The molecule has 0 saturated heterocycles.